The summed E-state index contributed by atoms with van der Waals surface area (Å²) in [6.45, 7) is 3.09. The molecule has 12 nitrogen and oxygen atoms in total. The van der Waals surface area contributed by atoms with Crippen molar-refractivity contribution in [3.05, 3.63) is 52.9 Å². The number of nitrogens with one attached hydrogen (secondary N) is 2. The molecular weight excluding hydrogens is 482 g/mol. The molecule has 0 radical (unpaired) electrons. The molecule has 5 rings (SSSR count). The number of nitrogens with two attached hydrogens (primary N) is 1. The average Bonchev–Trinajstić information content (AvgIpc) is 3.35. The number of hydrogen-bond acceptors (Lipinski definition) is 9. The van der Waals surface area contributed by atoms with Gasteiger partial charge < -0.3 is 16.0 Å². The number of anilines is 2. The fourth-order valence-electron chi connectivity index (χ4n) is 4.13. The van der Waals surface area contributed by atoms with E-state index in [1.807, 2.05) is 11.8 Å². The number of rotatable bonds is 4. The second kappa shape index (κ2) is 8.60. The van der Waals surface area contributed by atoms with Crippen LogP contribution in [0.5, 0.6) is 0 Å². The maximum Gasteiger partial charge on any atom is 0.259 e. The lowest BCUT2D eigenvalue weighted by Crippen LogP contribution is -2.34. The Labute approximate surface area is 201 Å². The molecule has 1 amide bonds. The number of nitrogens with zero attached hydrogens (tertiary/aromatic N) is 6. The number of hydrogen-bond donors (Lipinski definition) is 5. The molecule has 0 aliphatic carbocycles. The first-order valence-corrected chi connectivity index (χ1v) is 12.7. The zero-order valence-electron chi connectivity index (χ0n) is 18.2. The van der Waals surface area contributed by atoms with Crippen LogP contribution in [0.3, 0.4) is 0 Å². The van der Waals surface area contributed by atoms with Crippen LogP contribution in [-0.4, -0.2) is 64.6 Å². The Kier molecular flexibility index (Phi) is 5.73. The first kappa shape index (κ1) is 22.7. The molecule has 1 unspecified atom stereocenters. The average molecular weight is 506 g/mol. The summed E-state index contributed by atoms with van der Waals surface area (Å²) in [5.74, 6) is 0.520. The van der Waals surface area contributed by atoms with Gasteiger partial charge in [0.25, 0.3) is 5.91 Å². The summed E-state index contributed by atoms with van der Waals surface area (Å²) in [6.07, 6.45) is 4.88. The minimum atomic E-state index is -2.86. The summed E-state index contributed by atoms with van der Waals surface area (Å²) in [7, 11) is -2.86. The van der Waals surface area contributed by atoms with Crippen molar-refractivity contribution in [2.45, 2.75) is 13.0 Å². The highest BCUT2D eigenvalue weighted by atomic mass is 35.5. The van der Waals surface area contributed by atoms with Gasteiger partial charge in [-0.25, -0.2) is 18.7 Å². The molecule has 0 spiro atoms. The molecule has 1 atom stereocenters. The van der Waals surface area contributed by atoms with Crippen LogP contribution in [0.15, 0.2) is 36.8 Å². The fourth-order valence-corrected chi connectivity index (χ4v) is 5.43. The maximum atomic E-state index is 13.2. The van der Waals surface area contributed by atoms with Crippen LogP contribution in [0.2, 0.25) is 5.02 Å². The molecule has 1 aliphatic heterocycles. The van der Waals surface area contributed by atoms with Gasteiger partial charge in [0, 0.05) is 37.6 Å². The number of carbonyl (C=O) groups is 1. The summed E-state index contributed by atoms with van der Waals surface area (Å²) in [5.41, 5.74) is 7.98. The quantitative estimate of drug-likeness (QED) is 0.280. The highest BCUT2D eigenvalue weighted by Gasteiger charge is 2.28. The van der Waals surface area contributed by atoms with Crippen molar-refractivity contribution < 1.29 is 13.9 Å². The summed E-state index contributed by atoms with van der Waals surface area (Å²) in [5, 5.41) is 12.1. The van der Waals surface area contributed by atoms with E-state index >= 15 is 0 Å². The van der Waals surface area contributed by atoms with Gasteiger partial charge in [0.1, 0.15) is 11.4 Å². The van der Waals surface area contributed by atoms with E-state index in [2.05, 4.69) is 25.2 Å². The molecule has 4 aromatic heterocycles. The highest BCUT2D eigenvalue weighted by molar-refractivity contribution is 8.22. The summed E-state index contributed by atoms with van der Waals surface area (Å²) < 4.78 is 26.2. The lowest BCUT2D eigenvalue weighted by atomic mass is 10.1. The molecule has 0 aromatic carbocycles. The van der Waals surface area contributed by atoms with E-state index in [0.717, 1.165) is 5.56 Å². The van der Waals surface area contributed by atoms with Crippen molar-refractivity contribution in [2.75, 3.05) is 36.0 Å². The lowest BCUT2D eigenvalue weighted by Gasteiger charge is -2.31. The van der Waals surface area contributed by atoms with Crippen LogP contribution in [0.1, 0.15) is 28.9 Å². The summed E-state index contributed by atoms with van der Waals surface area (Å²) >= 11 is 6.55. The molecule has 0 saturated carbocycles. The van der Waals surface area contributed by atoms with Gasteiger partial charge in [-0.2, -0.15) is 5.10 Å². The van der Waals surface area contributed by atoms with E-state index in [1.54, 1.807) is 41.3 Å². The van der Waals surface area contributed by atoms with Crippen LogP contribution >= 0.6 is 22.4 Å². The minimum Gasteiger partial charge on any atom is -0.381 e. The largest absolute Gasteiger partial charge is 0.381 e. The second-order valence-electron chi connectivity index (χ2n) is 8.00. The van der Waals surface area contributed by atoms with Gasteiger partial charge in [0.05, 0.1) is 28.5 Å². The van der Waals surface area contributed by atoms with Gasteiger partial charge in [-0.3, -0.25) is 13.9 Å². The molecule has 14 heteroatoms. The molecule has 1 fully saturated rings. The van der Waals surface area contributed by atoms with Crippen molar-refractivity contribution in [3.63, 3.8) is 0 Å². The number of carbonyl (C=O) groups excluding carboxylic acids is 1. The fraction of sp³-hybridized carbons (Fsp3) is 0.300. The van der Waals surface area contributed by atoms with Gasteiger partial charge in [-0.05, 0) is 25.1 Å². The zero-order valence-corrected chi connectivity index (χ0v) is 19.8. The van der Waals surface area contributed by atoms with Gasteiger partial charge >= 0.3 is 0 Å². The van der Waals surface area contributed by atoms with Crippen molar-refractivity contribution in [1.29, 1.82) is 0 Å². The molecule has 4 aromatic rings. The van der Waals surface area contributed by atoms with E-state index < -0.39 is 22.7 Å². The minimum absolute atomic E-state index is 0.0768. The number of amides is 1. The topological polar surface area (TPSA) is 158 Å². The van der Waals surface area contributed by atoms with E-state index in [0.29, 0.717) is 41.6 Å². The van der Waals surface area contributed by atoms with Crippen molar-refractivity contribution >= 4 is 51.1 Å². The Balaban J connectivity index is 1.53. The highest BCUT2D eigenvalue weighted by Crippen LogP contribution is 2.37. The molecular formula is C20H24ClN9O3S. The number of halogens is 1. The molecule has 1 saturated heterocycles. The van der Waals surface area contributed by atoms with Crippen LogP contribution in [0, 0.1) is 0 Å². The van der Waals surface area contributed by atoms with Gasteiger partial charge in [0.2, 0.25) is 0 Å². The Morgan fingerprint density at radius 3 is 3.00 bits per heavy atom. The Morgan fingerprint density at radius 1 is 1.35 bits per heavy atom. The standard InChI is InChI=1S/C20H24ClN9O3S/c1-12(26-19(31)16-17(22)27-29-7-2-4-23-18(16)29)13-11-14(21)15-3-5-24-30(15)20(13)28-8-6-25-34(32,33)10-9-28/h2-5,7,11-12,25,32-33H,6,8-10H2,1H3,(H2,22,27)(H,26,31). The lowest BCUT2D eigenvalue weighted by molar-refractivity contribution is 0.0942. The predicted molar refractivity (Wildman–Crippen MR) is 131 cm³/mol. The summed E-state index contributed by atoms with van der Waals surface area (Å²) in [4.78, 5) is 19.5. The third kappa shape index (κ3) is 4.01. The second-order valence-corrected chi connectivity index (χ2v) is 10.4. The number of fused-ring (bicyclic) bond motifs is 2. The third-order valence-electron chi connectivity index (χ3n) is 5.75. The normalized spacial score (nSPS) is 18.1. The summed E-state index contributed by atoms with van der Waals surface area (Å²) in [6, 6.07) is 4.80. The van der Waals surface area contributed by atoms with Gasteiger partial charge in [-0.15, -0.1) is 15.9 Å². The first-order chi connectivity index (χ1) is 16.2. The van der Waals surface area contributed by atoms with Crippen LogP contribution < -0.4 is 20.7 Å². The molecule has 1 aliphatic rings. The van der Waals surface area contributed by atoms with Crippen molar-refractivity contribution in [1.82, 2.24) is 34.3 Å². The number of pyridine rings is 1. The maximum absolute atomic E-state index is 13.2. The van der Waals surface area contributed by atoms with Crippen LogP contribution in [0.25, 0.3) is 11.2 Å². The van der Waals surface area contributed by atoms with E-state index in [4.69, 9.17) is 17.3 Å². The van der Waals surface area contributed by atoms with Crippen LogP contribution in [0.4, 0.5) is 11.6 Å². The molecule has 180 valence electrons. The Bertz CT molecular complexity index is 1390. The zero-order chi connectivity index (χ0) is 24.0. The van der Waals surface area contributed by atoms with Crippen LogP contribution in [-0.2, 0) is 0 Å². The predicted octanol–water partition coefficient (Wildman–Crippen LogP) is 2.18. The molecule has 5 heterocycles. The molecule has 6 N–H and O–H groups in total. The first-order valence-electron chi connectivity index (χ1n) is 10.6. The van der Waals surface area contributed by atoms with Crippen molar-refractivity contribution in [3.8, 4) is 0 Å². The van der Waals surface area contributed by atoms with Gasteiger partial charge in [-0.1, -0.05) is 11.6 Å². The Hall–Kier alpha value is -3.10. The smallest absolute Gasteiger partial charge is 0.259 e. The molecule has 34 heavy (non-hydrogen) atoms. The third-order valence-corrected chi connectivity index (χ3v) is 7.47. The SMILES string of the molecule is CC(NC(=O)c1c(N)nn2cccnc12)c1cc(Cl)c2ccnn2c1N1CCNS(O)(O)CC1. The van der Waals surface area contributed by atoms with E-state index in [-0.39, 0.29) is 17.1 Å². The Morgan fingerprint density at radius 2 is 2.18 bits per heavy atom. The monoisotopic (exact) mass is 505 g/mol. The van der Waals surface area contributed by atoms with E-state index in [1.165, 1.54) is 4.52 Å². The van der Waals surface area contributed by atoms with Gasteiger partial charge in [0.15, 0.2) is 11.5 Å². The van der Waals surface area contributed by atoms with Crippen molar-refractivity contribution in [2.24, 2.45) is 0 Å². The number of nitrogen functional groups attached to an aromatic ring is 1. The molecule has 0 bridgehead atoms. The van der Waals surface area contributed by atoms with E-state index in [9.17, 15) is 13.9 Å². The number of aromatic nitrogens is 5.